The molecule has 30 heavy (non-hydrogen) atoms. The van der Waals surface area contributed by atoms with E-state index in [-0.39, 0.29) is 36.4 Å². The van der Waals surface area contributed by atoms with Crippen molar-refractivity contribution in [1.29, 1.82) is 0 Å². The van der Waals surface area contributed by atoms with Crippen molar-refractivity contribution in [2.45, 2.75) is 18.8 Å². The van der Waals surface area contributed by atoms with Crippen molar-refractivity contribution < 1.29 is 33.2 Å². The Morgan fingerprint density at radius 1 is 0.867 bits per heavy atom. The zero-order chi connectivity index (χ0) is 21.0. The molecule has 158 valence electrons. The lowest BCUT2D eigenvalue weighted by molar-refractivity contribution is -0.141. The number of esters is 1. The van der Waals surface area contributed by atoms with Gasteiger partial charge in [-0.3, -0.25) is 4.79 Å². The highest BCUT2D eigenvalue weighted by atomic mass is 16.7. The van der Waals surface area contributed by atoms with Gasteiger partial charge in [0.2, 0.25) is 12.5 Å². The molecule has 0 N–H and O–H groups in total. The maximum absolute atomic E-state index is 12.8. The monoisotopic (exact) mass is 412 g/mol. The van der Waals surface area contributed by atoms with Gasteiger partial charge in [-0.2, -0.15) is 0 Å². The lowest BCUT2D eigenvalue weighted by Gasteiger charge is -2.37. The van der Waals surface area contributed by atoms with E-state index in [0.29, 0.717) is 29.6 Å². The van der Waals surface area contributed by atoms with Gasteiger partial charge in [0, 0.05) is 11.8 Å². The van der Waals surface area contributed by atoms with Gasteiger partial charge in [-0.25, -0.2) is 0 Å². The molecule has 1 unspecified atom stereocenters. The molecule has 0 saturated carbocycles. The van der Waals surface area contributed by atoms with Crippen LogP contribution >= 0.6 is 0 Å². The highest BCUT2D eigenvalue weighted by Gasteiger charge is 2.51. The van der Waals surface area contributed by atoms with E-state index in [2.05, 4.69) is 6.92 Å². The number of carbonyl (C=O) groups is 1. The summed E-state index contributed by atoms with van der Waals surface area (Å²) in [7, 11) is 4.74. The Morgan fingerprint density at radius 2 is 1.50 bits per heavy atom. The standard InChI is InChI=1S/C23H24O7/c1-11-13-7-16-17(30-10-29-16)8-14(13)20(21-15(11)9-28-23(21)24)12-5-18(25-2)22(27-4)19(6-12)26-3/h5-8,11,15,20-21H,9-10H2,1-4H3/t11-,15?,20-,21+/m1/s1. The molecule has 7 nitrogen and oxygen atoms in total. The van der Waals surface area contributed by atoms with Crippen LogP contribution in [0.15, 0.2) is 24.3 Å². The molecule has 1 saturated heterocycles. The lowest BCUT2D eigenvalue weighted by atomic mass is 9.63. The van der Waals surface area contributed by atoms with Crippen LogP contribution in [-0.2, 0) is 9.53 Å². The zero-order valence-electron chi connectivity index (χ0n) is 17.4. The summed E-state index contributed by atoms with van der Waals surface area (Å²) in [5, 5.41) is 0. The quantitative estimate of drug-likeness (QED) is 0.712. The van der Waals surface area contributed by atoms with Gasteiger partial charge >= 0.3 is 5.97 Å². The van der Waals surface area contributed by atoms with E-state index in [0.717, 1.165) is 22.4 Å². The van der Waals surface area contributed by atoms with Gasteiger partial charge in [-0.05, 0) is 46.9 Å². The molecular weight excluding hydrogens is 388 g/mol. The van der Waals surface area contributed by atoms with Crippen LogP contribution in [-0.4, -0.2) is 40.7 Å². The van der Waals surface area contributed by atoms with Crippen LogP contribution in [0.2, 0.25) is 0 Å². The normalized spacial score (nSPS) is 25.9. The molecule has 0 spiro atoms. The second-order valence-corrected chi connectivity index (χ2v) is 7.88. The molecule has 2 aliphatic heterocycles. The Labute approximate surface area is 174 Å². The molecule has 0 amide bonds. The van der Waals surface area contributed by atoms with Gasteiger partial charge in [-0.15, -0.1) is 0 Å². The third kappa shape index (κ3) is 2.61. The van der Waals surface area contributed by atoms with Crippen molar-refractivity contribution in [3.05, 3.63) is 41.0 Å². The number of rotatable bonds is 4. The number of fused-ring (bicyclic) bond motifs is 3. The van der Waals surface area contributed by atoms with Crippen molar-refractivity contribution in [3.63, 3.8) is 0 Å². The molecule has 0 bridgehead atoms. The molecule has 5 rings (SSSR count). The minimum absolute atomic E-state index is 0.0782. The molecule has 0 aromatic heterocycles. The Bertz CT molecular complexity index is 990. The van der Waals surface area contributed by atoms with E-state index >= 15 is 0 Å². The summed E-state index contributed by atoms with van der Waals surface area (Å²) in [5.41, 5.74) is 3.10. The summed E-state index contributed by atoms with van der Waals surface area (Å²) >= 11 is 0. The van der Waals surface area contributed by atoms with Gasteiger partial charge in [0.05, 0.1) is 33.9 Å². The van der Waals surface area contributed by atoms with Crippen LogP contribution in [0.5, 0.6) is 28.7 Å². The van der Waals surface area contributed by atoms with Crippen molar-refractivity contribution >= 4 is 5.97 Å². The molecule has 0 radical (unpaired) electrons. The number of benzene rings is 2. The number of methoxy groups -OCH3 is 3. The van der Waals surface area contributed by atoms with E-state index in [1.165, 1.54) is 0 Å². The first-order chi connectivity index (χ1) is 14.6. The highest BCUT2D eigenvalue weighted by molar-refractivity contribution is 5.79. The van der Waals surface area contributed by atoms with Gasteiger partial charge in [0.1, 0.15) is 0 Å². The van der Waals surface area contributed by atoms with Crippen LogP contribution < -0.4 is 23.7 Å². The van der Waals surface area contributed by atoms with Gasteiger partial charge in [0.25, 0.3) is 0 Å². The second-order valence-electron chi connectivity index (χ2n) is 7.88. The fourth-order valence-corrected chi connectivity index (χ4v) is 5.12. The summed E-state index contributed by atoms with van der Waals surface area (Å²) in [5.74, 6) is 2.61. The van der Waals surface area contributed by atoms with Crippen molar-refractivity contribution in [3.8, 4) is 28.7 Å². The van der Waals surface area contributed by atoms with Crippen molar-refractivity contribution in [1.82, 2.24) is 0 Å². The van der Waals surface area contributed by atoms with Crippen LogP contribution in [0.4, 0.5) is 0 Å². The van der Waals surface area contributed by atoms with Crippen molar-refractivity contribution in [2.24, 2.45) is 11.8 Å². The second kappa shape index (κ2) is 7.00. The predicted octanol–water partition coefficient (Wildman–Crippen LogP) is 3.48. The fraction of sp³-hybridized carbons (Fsp3) is 0.435. The Balaban J connectivity index is 1.74. The van der Waals surface area contributed by atoms with Crippen LogP contribution in [0.25, 0.3) is 0 Å². The molecule has 3 aliphatic rings. The van der Waals surface area contributed by atoms with E-state index in [9.17, 15) is 4.79 Å². The third-order valence-electron chi connectivity index (χ3n) is 6.60. The summed E-state index contributed by atoms with van der Waals surface area (Å²) in [6.45, 7) is 2.77. The number of ether oxygens (including phenoxy) is 6. The van der Waals surface area contributed by atoms with Crippen LogP contribution in [0.1, 0.15) is 35.4 Å². The summed E-state index contributed by atoms with van der Waals surface area (Å²) < 4.78 is 33.4. The molecule has 2 aromatic carbocycles. The molecule has 2 heterocycles. The SMILES string of the molecule is COc1cc([C@@H]2c3cc4c(cc3[C@@H](C)C3COC(=O)[C@@H]32)OCO4)cc(OC)c1OC. The van der Waals surface area contributed by atoms with E-state index < -0.39 is 0 Å². The highest BCUT2D eigenvalue weighted by Crippen LogP contribution is 2.56. The maximum atomic E-state index is 12.8. The van der Waals surface area contributed by atoms with Gasteiger partial charge < -0.3 is 28.4 Å². The average molecular weight is 412 g/mol. The van der Waals surface area contributed by atoms with Crippen LogP contribution in [0.3, 0.4) is 0 Å². The molecule has 2 aromatic rings. The Kier molecular flexibility index (Phi) is 4.41. The third-order valence-corrected chi connectivity index (χ3v) is 6.60. The fourth-order valence-electron chi connectivity index (χ4n) is 5.12. The smallest absolute Gasteiger partial charge is 0.310 e. The number of hydrogen-bond acceptors (Lipinski definition) is 7. The Hall–Kier alpha value is -3.09. The summed E-state index contributed by atoms with van der Waals surface area (Å²) in [6.07, 6.45) is 0. The topological polar surface area (TPSA) is 72.5 Å². The average Bonchev–Trinajstić information content (AvgIpc) is 3.38. The number of carbonyl (C=O) groups excluding carboxylic acids is 1. The number of cyclic esters (lactones) is 1. The molecule has 7 heteroatoms. The first-order valence-corrected chi connectivity index (χ1v) is 9.97. The van der Waals surface area contributed by atoms with E-state index in [1.54, 1.807) is 21.3 Å². The van der Waals surface area contributed by atoms with Crippen LogP contribution in [0, 0.1) is 11.8 Å². The molecular formula is C23H24O7. The summed E-state index contributed by atoms with van der Waals surface area (Å²) in [4.78, 5) is 12.8. The first-order valence-electron chi connectivity index (χ1n) is 9.97. The molecule has 1 aliphatic carbocycles. The van der Waals surface area contributed by atoms with Gasteiger partial charge in [-0.1, -0.05) is 6.92 Å². The predicted molar refractivity (Wildman–Crippen MR) is 107 cm³/mol. The van der Waals surface area contributed by atoms with E-state index in [1.807, 2.05) is 24.3 Å². The lowest BCUT2D eigenvalue weighted by Crippen LogP contribution is -2.33. The van der Waals surface area contributed by atoms with E-state index in [4.69, 9.17) is 28.4 Å². The largest absolute Gasteiger partial charge is 0.493 e. The molecule has 1 fully saturated rings. The zero-order valence-corrected chi connectivity index (χ0v) is 17.4. The molecule has 4 atom stereocenters. The van der Waals surface area contributed by atoms with Crippen molar-refractivity contribution in [2.75, 3.05) is 34.7 Å². The Morgan fingerprint density at radius 3 is 2.10 bits per heavy atom. The first kappa shape index (κ1) is 18.9. The minimum Gasteiger partial charge on any atom is -0.493 e. The van der Waals surface area contributed by atoms with Gasteiger partial charge in [0.15, 0.2) is 23.0 Å². The number of hydrogen-bond donors (Lipinski definition) is 0. The minimum atomic E-state index is -0.296. The maximum Gasteiger partial charge on any atom is 0.310 e. The summed E-state index contributed by atoms with van der Waals surface area (Å²) in [6, 6.07) is 7.88.